The minimum atomic E-state index is 0.343. The minimum absolute atomic E-state index is 0.343. The van der Waals surface area contributed by atoms with Crippen molar-refractivity contribution in [1.82, 2.24) is 5.32 Å². The highest BCUT2D eigenvalue weighted by Crippen LogP contribution is 2.25. The first-order valence-electron chi connectivity index (χ1n) is 8.44. The second-order valence-corrected chi connectivity index (χ2v) is 5.88. The van der Waals surface area contributed by atoms with E-state index in [4.69, 9.17) is 9.47 Å². The number of ether oxygens (including phenoxy) is 2. The molecule has 3 heteroatoms. The summed E-state index contributed by atoms with van der Waals surface area (Å²) in [5.74, 6) is 1.88. The van der Waals surface area contributed by atoms with Gasteiger partial charge in [-0.1, -0.05) is 13.8 Å². The van der Waals surface area contributed by atoms with Crippen molar-refractivity contribution in [3.05, 3.63) is 24.3 Å². The SMILES string of the molecule is CCCNC1CCCC(Oc2ccc(OCCC)cc2)C1. The minimum Gasteiger partial charge on any atom is -0.494 e. The van der Waals surface area contributed by atoms with Crippen LogP contribution >= 0.6 is 0 Å². The Hall–Kier alpha value is -1.22. The molecule has 2 atom stereocenters. The zero-order valence-corrected chi connectivity index (χ0v) is 13.4. The summed E-state index contributed by atoms with van der Waals surface area (Å²) in [6, 6.07) is 8.67. The maximum Gasteiger partial charge on any atom is 0.119 e. The number of rotatable bonds is 8. The molecule has 1 fully saturated rings. The lowest BCUT2D eigenvalue weighted by Gasteiger charge is -2.30. The van der Waals surface area contributed by atoms with Crippen LogP contribution in [-0.4, -0.2) is 25.3 Å². The summed E-state index contributed by atoms with van der Waals surface area (Å²) in [4.78, 5) is 0. The fourth-order valence-corrected chi connectivity index (χ4v) is 2.81. The van der Waals surface area contributed by atoms with Crippen molar-refractivity contribution >= 4 is 0 Å². The molecule has 2 unspecified atom stereocenters. The molecule has 0 spiro atoms. The highest BCUT2D eigenvalue weighted by atomic mass is 16.5. The monoisotopic (exact) mass is 291 g/mol. The average Bonchev–Trinajstić information content (AvgIpc) is 2.53. The van der Waals surface area contributed by atoms with Gasteiger partial charge in [0.2, 0.25) is 0 Å². The van der Waals surface area contributed by atoms with Crippen LogP contribution in [0.2, 0.25) is 0 Å². The second-order valence-electron chi connectivity index (χ2n) is 5.88. The fourth-order valence-electron chi connectivity index (χ4n) is 2.81. The van der Waals surface area contributed by atoms with Crippen LogP contribution in [0.4, 0.5) is 0 Å². The fraction of sp³-hybridized carbons (Fsp3) is 0.667. The molecule has 0 amide bonds. The van der Waals surface area contributed by atoms with Crippen LogP contribution in [0.15, 0.2) is 24.3 Å². The lowest BCUT2D eigenvalue weighted by atomic mass is 9.92. The molecule has 21 heavy (non-hydrogen) atoms. The van der Waals surface area contributed by atoms with E-state index in [-0.39, 0.29) is 0 Å². The van der Waals surface area contributed by atoms with E-state index >= 15 is 0 Å². The van der Waals surface area contributed by atoms with Gasteiger partial charge in [-0.05, 0) is 69.3 Å². The average molecular weight is 291 g/mol. The molecule has 0 aromatic heterocycles. The largest absolute Gasteiger partial charge is 0.494 e. The maximum atomic E-state index is 6.13. The van der Waals surface area contributed by atoms with Crippen molar-refractivity contribution in [2.45, 2.75) is 64.5 Å². The van der Waals surface area contributed by atoms with Gasteiger partial charge in [-0.3, -0.25) is 0 Å². The van der Waals surface area contributed by atoms with E-state index in [9.17, 15) is 0 Å². The molecule has 1 aliphatic carbocycles. The Morgan fingerprint density at radius 2 is 1.81 bits per heavy atom. The summed E-state index contributed by atoms with van der Waals surface area (Å²) in [6.45, 7) is 6.21. The van der Waals surface area contributed by atoms with Gasteiger partial charge in [0.25, 0.3) is 0 Å². The molecular weight excluding hydrogens is 262 g/mol. The van der Waals surface area contributed by atoms with Crippen molar-refractivity contribution in [2.24, 2.45) is 0 Å². The molecule has 1 N–H and O–H groups in total. The smallest absolute Gasteiger partial charge is 0.119 e. The highest BCUT2D eigenvalue weighted by Gasteiger charge is 2.22. The van der Waals surface area contributed by atoms with Gasteiger partial charge >= 0.3 is 0 Å². The van der Waals surface area contributed by atoms with Gasteiger partial charge in [0, 0.05) is 6.04 Å². The summed E-state index contributed by atoms with van der Waals surface area (Å²) >= 11 is 0. The van der Waals surface area contributed by atoms with Gasteiger partial charge in [-0.15, -0.1) is 0 Å². The van der Waals surface area contributed by atoms with Crippen molar-refractivity contribution in [3.63, 3.8) is 0 Å². The lowest BCUT2D eigenvalue weighted by molar-refractivity contribution is 0.134. The molecule has 0 aliphatic heterocycles. The van der Waals surface area contributed by atoms with Crippen molar-refractivity contribution in [2.75, 3.05) is 13.2 Å². The zero-order chi connectivity index (χ0) is 14.9. The van der Waals surface area contributed by atoms with Gasteiger partial charge in [0.1, 0.15) is 17.6 Å². The molecule has 0 radical (unpaired) electrons. The molecule has 118 valence electrons. The first kappa shape index (κ1) is 16.2. The van der Waals surface area contributed by atoms with Crippen LogP contribution in [0.1, 0.15) is 52.4 Å². The third-order valence-electron chi connectivity index (χ3n) is 3.91. The molecular formula is C18H29NO2. The van der Waals surface area contributed by atoms with E-state index in [2.05, 4.69) is 19.2 Å². The van der Waals surface area contributed by atoms with Crippen LogP contribution in [0.25, 0.3) is 0 Å². The van der Waals surface area contributed by atoms with Gasteiger partial charge < -0.3 is 14.8 Å². The van der Waals surface area contributed by atoms with Crippen LogP contribution in [-0.2, 0) is 0 Å². The molecule has 1 saturated carbocycles. The van der Waals surface area contributed by atoms with Crippen molar-refractivity contribution < 1.29 is 9.47 Å². The summed E-state index contributed by atoms with van der Waals surface area (Å²) < 4.78 is 11.7. The molecule has 1 aromatic rings. The number of hydrogen-bond donors (Lipinski definition) is 1. The third-order valence-corrected chi connectivity index (χ3v) is 3.91. The number of nitrogens with one attached hydrogen (secondary N) is 1. The second kappa shape index (κ2) is 8.93. The molecule has 1 aliphatic rings. The Bertz CT molecular complexity index is 391. The Morgan fingerprint density at radius 3 is 2.52 bits per heavy atom. The van der Waals surface area contributed by atoms with Crippen LogP contribution in [0, 0.1) is 0 Å². The Balaban J connectivity index is 1.80. The van der Waals surface area contributed by atoms with E-state index in [0.717, 1.165) is 37.5 Å². The van der Waals surface area contributed by atoms with Crippen molar-refractivity contribution in [3.8, 4) is 11.5 Å². The molecule has 3 nitrogen and oxygen atoms in total. The molecule has 0 saturated heterocycles. The van der Waals surface area contributed by atoms with E-state index in [1.807, 2.05) is 24.3 Å². The van der Waals surface area contributed by atoms with Gasteiger partial charge in [-0.25, -0.2) is 0 Å². The Labute approximate surface area is 129 Å². The van der Waals surface area contributed by atoms with Crippen molar-refractivity contribution in [1.29, 1.82) is 0 Å². The van der Waals surface area contributed by atoms with Gasteiger partial charge in [0.15, 0.2) is 0 Å². The standard InChI is InChI=1S/C18H29NO2/c1-3-12-19-15-6-5-7-18(14-15)21-17-10-8-16(9-11-17)20-13-4-2/h8-11,15,18-19H,3-7,12-14H2,1-2H3. The quantitative estimate of drug-likeness (QED) is 0.780. The molecule has 2 rings (SSSR count). The number of benzene rings is 1. The molecule has 1 aromatic carbocycles. The van der Waals surface area contributed by atoms with Crippen LogP contribution in [0.3, 0.4) is 0 Å². The predicted octanol–water partition coefficient (Wildman–Crippen LogP) is 4.17. The lowest BCUT2D eigenvalue weighted by Crippen LogP contribution is -2.38. The molecule has 0 heterocycles. The first-order chi connectivity index (χ1) is 10.3. The number of hydrogen-bond acceptors (Lipinski definition) is 3. The summed E-state index contributed by atoms with van der Waals surface area (Å²) in [6.07, 6.45) is 7.39. The molecule has 0 bridgehead atoms. The van der Waals surface area contributed by atoms with Crippen LogP contribution in [0.5, 0.6) is 11.5 Å². The van der Waals surface area contributed by atoms with E-state index in [1.165, 1.54) is 25.7 Å². The normalized spacial score (nSPS) is 22.0. The van der Waals surface area contributed by atoms with Gasteiger partial charge in [-0.2, -0.15) is 0 Å². The first-order valence-corrected chi connectivity index (χ1v) is 8.44. The Morgan fingerprint density at radius 1 is 1.05 bits per heavy atom. The predicted molar refractivity (Wildman–Crippen MR) is 87.2 cm³/mol. The zero-order valence-electron chi connectivity index (χ0n) is 13.4. The summed E-state index contributed by atoms with van der Waals surface area (Å²) in [7, 11) is 0. The van der Waals surface area contributed by atoms with E-state index in [0.29, 0.717) is 12.1 Å². The highest BCUT2D eigenvalue weighted by molar-refractivity contribution is 5.31. The maximum absolute atomic E-state index is 6.13. The van der Waals surface area contributed by atoms with Gasteiger partial charge in [0.05, 0.1) is 6.61 Å². The van der Waals surface area contributed by atoms with E-state index in [1.54, 1.807) is 0 Å². The van der Waals surface area contributed by atoms with Crippen LogP contribution < -0.4 is 14.8 Å². The summed E-state index contributed by atoms with van der Waals surface area (Å²) in [5.41, 5.74) is 0. The van der Waals surface area contributed by atoms with E-state index < -0.39 is 0 Å². The summed E-state index contributed by atoms with van der Waals surface area (Å²) in [5, 5.41) is 3.62. The third kappa shape index (κ3) is 5.58. The topological polar surface area (TPSA) is 30.5 Å². The Kier molecular flexibility index (Phi) is 6.87.